The Morgan fingerprint density at radius 1 is 1.20 bits per heavy atom. The molecule has 15 heavy (non-hydrogen) atoms. The van der Waals surface area contributed by atoms with Gasteiger partial charge in [-0.2, -0.15) is 0 Å². The van der Waals surface area contributed by atoms with Gasteiger partial charge in [-0.15, -0.1) is 0 Å². The third-order valence-corrected chi connectivity index (χ3v) is 2.79. The van der Waals surface area contributed by atoms with Crippen LogP contribution in [0.2, 0.25) is 0 Å². The van der Waals surface area contributed by atoms with Crippen LogP contribution in [0.3, 0.4) is 0 Å². The van der Waals surface area contributed by atoms with Crippen LogP contribution >= 0.6 is 0 Å². The van der Waals surface area contributed by atoms with Crippen LogP contribution in [0.1, 0.15) is 13.8 Å². The zero-order chi connectivity index (χ0) is 11.8. The normalized spacial score (nSPS) is 26.8. The van der Waals surface area contributed by atoms with Crippen molar-refractivity contribution in [2.24, 2.45) is 17.3 Å². The molecule has 0 aromatic rings. The topological polar surface area (TPSA) is 104 Å². The summed E-state index contributed by atoms with van der Waals surface area (Å²) in [6.45, 7) is 2.88. The van der Waals surface area contributed by atoms with E-state index in [-0.39, 0.29) is 0 Å². The van der Waals surface area contributed by atoms with Crippen molar-refractivity contribution in [2.75, 3.05) is 6.54 Å². The summed E-state index contributed by atoms with van der Waals surface area (Å²) in [7, 11) is 0. The molecule has 0 aliphatic heterocycles. The Morgan fingerprint density at radius 2 is 1.73 bits per heavy atom. The van der Waals surface area contributed by atoms with Gasteiger partial charge in [-0.1, -0.05) is 13.8 Å². The third kappa shape index (κ3) is 2.08. The Morgan fingerprint density at radius 3 is 2.07 bits per heavy atom. The van der Waals surface area contributed by atoms with Gasteiger partial charge in [-0.3, -0.25) is 14.4 Å². The quantitative estimate of drug-likeness (QED) is 0.589. The molecule has 1 fully saturated rings. The zero-order valence-corrected chi connectivity index (χ0v) is 8.48. The lowest BCUT2D eigenvalue weighted by molar-refractivity contribution is -0.140. The van der Waals surface area contributed by atoms with E-state index in [4.69, 9.17) is 10.2 Å². The van der Waals surface area contributed by atoms with Crippen LogP contribution in [0.25, 0.3) is 0 Å². The van der Waals surface area contributed by atoms with Gasteiger partial charge in [-0.05, 0) is 5.41 Å². The van der Waals surface area contributed by atoms with Crippen LogP contribution in [0, 0.1) is 17.3 Å². The van der Waals surface area contributed by atoms with Crippen LogP contribution in [-0.4, -0.2) is 34.6 Å². The van der Waals surface area contributed by atoms with Gasteiger partial charge in [0.25, 0.3) is 0 Å². The molecule has 0 radical (unpaired) electrons. The van der Waals surface area contributed by atoms with Crippen molar-refractivity contribution in [1.82, 2.24) is 5.32 Å². The summed E-state index contributed by atoms with van der Waals surface area (Å²) in [5, 5.41) is 19.3. The summed E-state index contributed by atoms with van der Waals surface area (Å²) in [6.07, 6.45) is 0. The van der Waals surface area contributed by atoms with Crippen LogP contribution in [0.15, 0.2) is 0 Å². The van der Waals surface area contributed by atoms with Crippen molar-refractivity contribution in [3.63, 3.8) is 0 Å². The van der Waals surface area contributed by atoms with E-state index in [2.05, 4.69) is 5.32 Å². The van der Waals surface area contributed by atoms with E-state index in [9.17, 15) is 14.4 Å². The van der Waals surface area contributed by atoms with Crippen LogP contribution in [0.5, 0.6) is 0 Å². The van der Waals surface area contributed by atoms with Crippen molar-refractivity contribution >= 4 is 17.8 Å². The maximum Gasteiger partial charge on any atom is 0.322 e. The summed E-state index contributed by atoms with van der Waals surface area (Å²) in [4.78, 5) is 32.3. The molecule has 2 atom stereocenters. The highest BCUT2D eigenvalue weighted by Gasteiger charge is 2.65. The first kappa shape index (κ1) is 11.5. The zero-order valence-electron chi connectivity index (χ0n) is 8.48. The molecule has 1 aliphatic carbocycles. The van der Waals surface area contributed by atoms with E-state index in [0.29, 0.717) is 0 Å². The Hall–Kier alpha value is -1.59. The number of aliphatic carboxylic acids is 2. The molecule has 0 saturated heterocycles. The molecule has 84 valence electrons. The van der Waals surface area contributed by atoms with Crippen molar-refractivity contribution < 1.29 is 24.6 Å². The number of nitrogens with one attached hydrogen (secondary N) is 1. The molecule has 0 bridgehead atoms. The third-order valence-electron chi connectivity index (χ3n) is 2.79. The van der Waals surface area contributed by atoms with E-state index < -0.39 is 41.6 Å². The average Bonchev–Trinajstić information content (AvgIpc) is 2.65. The summed E-state index contributed by atoms with van der Waals surface area (Å²) >= 11 is 0. The van der Waals surface area contributed by atoms with Gasteiger partial charge in [-0.25, -0.2) is 0 Å². The number of carboxylic acid groups (broad SMARTS) is 2. The molecule has 0 heterocycles. The van der Waals surface area contributed by atoms with Gasteiger partial charge in [0.15, 0.2) is 0 Å². The van der Waals surface area contributed by atoms with Crippen LogP contribution in [0.4, 0.5) is 0 Å². The predicted molar refractivity (Wildman–Crippen MR) is 49.0 cm³/mol. The first-order chi connectivity index (χ1) is 6.78. The van der Waals surface area contributed by atoms with Crippen molar-refractivity contribution in [1.29, 1.82) is 0 Å². The highest BCUT2D eigenvalue weighted by atomic mass is 16.4. The van der Waals surface area contributed by atoms with E-state index in [1.165, 1.54) is 0 Å². The second kappa shape index (κ2) is 3.52. The molecular weight excluding hydrogens is 202 g/mol. The Labute approximate surface area is 86.3 Å². The second-order valence-corrected chi connectivity index (χ2v) is 4.23. The molecule has 0 aromatic heterocycles. The van der Waals surface area contributed by atoms with Gasteiger partial charge in [0.05, 0.1) is 11.8 Å². The molecule has 6 nitrogen and oxygen atoms in total. The Balaban J connectivity index is 2.56. The van der Waals surface area contributed by atoms with E-state index in [1.54, 1.807) is 13.8 Å². The lowest BCUT2D eigenvalue weighted by atomic mass is 10.1. The summed E-state index contributed by atoms with van der Waals surface area (Å²) in [6, 6.07) is 0. The van der Waals surface area contributed by atoms with Crippen LogP contribution in [-0.2, 0) is 14.4 Å². The first-order valence-corrected chi connectivity index (χ1v) is 4.50. The fourth-order valence-electron chi connectivity index (χ4n) is 1.86. The molecule has 1 saturated carbocycles. The number of hydrogen-bond acceptors (Lipinski definition) is 3. The first-order valence-electron chi connectivity index (χ1n) is 4.50. The Bertz CT molecular complexity index is 322. The SMILES string of the molecule is CC1(C)C(C(=O)O)C1C(=O)NCC(=O)O. The highest BCUT2D eigenvalue weighted by molar-refractivity contribution is 5.92. The molecular formula is C9H13NO5. The van der Waals surface area contributed by atoms with Gasteiger partial charge < -0.3 is 15.5 Å². The van der Waals surface area contributed by atoms with Gasteiger partial charge in [0.1, 0.15) is 6.54 Å². The number of amides is 1. The van der Waals surface area contributed by atoms with Crippen molar-refractivity contribution in [3.8, 4) is 0 Å². The number of rotatable bonds is 4. The lowest BCUT2D eigenvalue weighted by Gasteiger charge is -2.02. The number of carboxylic acids is 2. The summed E-state index contributed by atoms with van der Waals surface area (Å²) in [5.41, 5.74) is -0.589. The maximum absolute atomic E-state index is 11.4. The molecule has 1 aliphatic rings. The van der Waals surface area contributed by atoms with E-state index >= 15 is 0 Å². The van der Waals surface area contributed by atoms with Crippen molar-refractivity contribution in [3.05, 3.63) is 0 Å². The Kier molecular flexibility index (Phi) is 2.70. The fraction of sp³-hybridized carbons (Fsp3) is 0.667. The van der Waals surface area contributed by atoms with Gasteiger partial charge in [0, 0.05) is 0 Å². The average molecular weight is 215 g/mol. The van der Waals surface area contributed by atoms with Gasteiger partial charge in [0.2, 0.25) is 5.91 Å². The minimum atomic E-state index is -1.14. The number of hydrogen-bond donors (Lipinski definition) is 3. The molecule has 1 amide bonds. The standard InChI is InChI=1S/C9H13NO5/c1-9(2)5(6(9)8(14)15)7(13)10-3-4(11)12/h5-6H,3H2,1-2H3,(H,10,13)(H,11,12)(H,14,15). The smallest absolute Gasteiger partial charge is 0.322 e. The van der Waals surface area contributed by atoms with E-state index in [0.717, 1.165) is 0 Å². The summed E-state index contributed by atoms with van der Waals surface area (Å²) in [5.74, 6) is -4.01. The molecule has 6 heteroatoms. The number of carbonyl (C=O) groups excluding carboxylic acids is 1. The minimum absolute atomic E-state index is 0.474. The second-order valence-electron chi connectivity index (χ2n) is 4.23. The maximum atomic E-state index is 11.4. The number of carbonyl (C=O) groups is 3. The molecule has 3 N–H and O–H groups in total. The molecule has 0 aromatic carbocycles. The molecule has 2 unspecified atom stereocenters. The fourth-order valence-corrected chi connectivity index (χ4v) is 1.86. The largest absolute Gasteiger partial charge is 0.481 e. The predicted octanol–water partition coefficient (Wildman–Crippen LogP) is -0.456. The highest BCUT2D eigenvalue weighted by Crippen LogP contribution is 2.58. The lowest BCUT2D eigenvalue weighted by Crippen LogP contribution is -2.32. The van der Waals surface area contributed by atoms with Gasteiger partial charge >= 0.3 is 11.9 Å². The van der Waals surface area contributed by atoms with Crippen LogP contribution < -0.4 is 5.32 Å². The monoisotopic (exact) mass is 215 g/mol. The van der Waals surface area contributed by atoms with Crippen molar-refractivity contribution in [2.45, 2.75) is 13.8 Å². The molecule has 1 rings (SSSR count). The molecule has 0 spiro atoms. The minimum Gasteiger partial charge on any atom is -0.481 e. The van der Waals surface area contributed by atoms with E-state index in [1.807, 2.05) is 0 Å². The summed E-state index contributed by atoms with van der Waals surface area (Å²) < 4.78 is 0.